The smallest absolute Gasteiger partial charge is 0.341 e. The molecule has 5 nitrogen and oxygen atoms in total. The Hall–Kier alpha value is -1.49. The minimum Gasteiger partial charge on any atom is -0.465 e. The monoisotopic (exact) mass is 249 g/mol. The maximum absolute atomic E-state index is 11.7. The summed E-state index contributed by atoms with van der Waals surface area (Å²) in [6.45, 7) is 3.06. The summed E-state index contributed by atoms with van der Waals surface area (Å²) in [5.41, 5.74) is 1.27. The molecule has 0 radical (unpaired) electrons. The molecule has 0 aliphatic carbocycles. The van der Waals surface area contributed by atoms with Crippen molar-refractivity contribution in [3.05, 3.63) is 23.3 Å². The van der Waals surface area contributed by atoms with Crippen LogP contribution in [-0.2, 0) is 11.2 Å². The van der Waals surface area contributed by atoms with E-state index in [1.54, 1.807) is 6.20 Å². The minimum absolute atomic E-state index is 0.151. The highest BCUT2D eigenvalue weighted by atomic mass is 16.5. The van der Waals surface area contributed by atoms with Gasteiger partial charge in [-0.05, 0) is 25.8 Å². The molecule has 0 aromatic carbocycles. The maximum atomic E-state index is 11.7. The molecule has 0 bridgehead atoms. The highest BCUT2D eigenvalue weighted by Crippen LogP contribution is 2.24. The molecule has 2 rings (SSSR count). The molecular formula is C13H19N3O2. The van der Waals surface area contributed by atoms with Crippen LogP contribution in [0.5, 0.6) is 0 Å². The number of nitrogens with zero attached hydrogens (tertiary/aromatic N) is 2. The van der Waals surface area contributed by atoms with Gasteiger partial charge in [0.1, 0.15) is 11.4 Å². The van der Waals surface area contributed by atoms with Gasteiger partial charge in [-0.1, -0.05) is 6.92 Å². The minimum atomic E-state index is -0.359. The molecular weight excluding hydrogens is 230 g/mol. The van der Waals surface area contributed by atoms with E-state index >= 15 is 0 Å². The third-order valence-electron chi connectivity index (χ3n) is 3.14. The topological polar surface area (TPSA) is 64.1 Å². The van der Waals surface area contributed by atoms with Gasteiger partial charge in [-0.15, -0.1) is 0 Å². The van der Waals surface area contributed by atoms with E-state index in [-0.39, 0.29) is 12.0 Å². The van der Waals surface area contributed by atoms with Gasteiger partial charge in [0.15, 0.2) is 0 Å². The van der Waals surface area contributed by atoms with Crippen molar-refractivity contribution in [2.75, 3.05) is 13.7 Å². The van der Waals surface area contributed by atoms with Crippen LogP contribution in [0.25, 0.3) is 0 Å². The lowest BCUT2D eigenvalue weighted by Crippen LogP contribution is -2.20. The quantitative estimate of drug-likeness (QED) is 0.822. The van der Waals surface area contributed by atoms with Crippen LogP contribution in [0.3, 0.4) is 0 Å². The van der Waals surface area contributed by atoms with Crippen molar-refractivity contribution in [3.8, 4) is 0 Å². The molecule has 1 fully saturated rings. The van der Waals surface area contributed by atoms with Crippen LogP contribution < -0.4 is 5.32 Å². The molecule has 1 N–H and O–H groups in total. The Morgan fingerprint density at radius 1 is 1.61 bits per heavy atom. The number of methoxy groups -OCH3 is 1. The van der Waals surface area contributed by atoms with E-state index in [1.807, 2.05) is 0 Å². The second kappa shape index (κ2) is 5.91. The van der Waals surface area contributed by atoms with Crippen LogP contribution in [0.1, 0.15) is 54.1 Å². The molecule has 0 spiro atoms. The Morgan fingerprint density at radius 3 is 3.06 bits per heavy atom. The number of nitrogens with one attached hydrogen (secondary N) is 1. The number of esters is 1. The van der Waals surface area contributed by atoms with Crippen molar-refractivity contribution in [1.82, 2.24) is 15.3 Å². The molecule has 1 unspecified atom stereocenters. The number of aryl methyl sites for hydroxylation is 1. The number of ether oxygens (including phenoxy) is 1. The first-order chi connectivity index (χ1) is 8.76. The number of carbonyl (C=O) groups excluding carboxylic acids is 1. The Kier molecular flexibility index (Phi) is 4.25. The SMILES string of the molecule is CCCc1ncc(C(=O)OC)c(C2CCCN2)n1. The molecule has 0 amide bonds. The van der Waals surface area contributed by atoms with E-state index in [0.717, 1.165) is 43.7 Å². The zero-order valence-corrected chi connectivity index (χ0v) is 10.9. The normalized spacial score (nSPS) is 18.9. The molecule has 98 valence electrons. The third kappa shape index (κ3) is 2.67. The van der Waals surface area contributed by atoms with Crippen LogP contribution >= 0.6 is 0 Å². The van der Waals surface area contributed by atoms with Crippen LogP contribution in [0.2, 0.25) is 0 Å². The molecule has 5 heteroatoms. The molecule has 2 heterocycles. The molecule has 1 atom stereocenters. The first kappa shape index (κ1) is 13.0. The van der Waals surface area contributed by atoms with Crippen molar-refractivity contribution in [1.29, 1.82) is 0 Å². The Labute approximate surface area is 107 Å². The fourth-order valence-electron chi connectivity index (χ4n) is 2.23. The summed E-state index contributed by atoms with van der Waals surface area (Å²) >= 11 is 0. The predicted molar refractivity (Wildman–Crippen MR) is 67.3 cm³/mol. The van der Waals surface area contributed by atoms with Crippen molar-refractivity contribution in [2.45, 2.75) is 38.6 Å². The summed E-state index contributed by atoms with van der Waals surface area (Å²) in [6.07, 6.45) is 5.54. The van der Waals surface area contributed by atoms with Crippen LogP contribution in [0.15, 0.2) is 6.20 Å². The van der Waals surface area contributed by atoms with E-state index in [0.29, 0.717) is 5.56 Å². The lowest BCUT2D eigenvalue weighted by molar-refractivity contribution is 0.0597. The second-order valence-electron chi connectivity index (χ2n) is 4.48. The Bertz CT molecular complexity index is 428. The number of hydrogen-bond donors (Lipinski definition) is 1. The van der Waals surface area contributed by atoms with E-state index < -0.39 is 0 Å². The molecule has 0 saturated carbocycles. The van der Waals surface area contributed by atoms with Gasteiger partial charge in [0.25, 0.3) is 0 Å². The van der Waals surface area contributed by atoms with E-state index in [9.17, 15) is 4.79 Å². The van der Waals surface area contributed by atoms with Crippen molar-refractivity contribution in [2.24, 2.45) is 0 Å². The fraction of sp³-hybridized carbons (Fsp3) is 0.615. The number of rotatable bonds is 4. The molecule has 1 saturated heterocycles. The summed E-state index contributed by atoms with van der Waals surface area (Å²) in [7, 11) is 1.38. The van der Waals surface area contributed by atoms with Crippen molar-refractivity contribution >= 4 is 5.97 Å². The summed E-state index contributed by atoms with van der Waals surface area (Å²) < 4.78 is 4.79. The van der Waals surface area contributed by atoms with Gasteiger partial charge < -0.3 is 10.1 Å². The average Bonchev–Trinajstić information content (AvgIpc) is 2.92. The summed E-state index contributed by atoms with van der Waals surface area (Å²) in [5, 5.41) is 3.36. The molecule has 18 heavy (non-hydrogen) atoms. The Morgan fingerprint density at radius 2 is 2.44 bits per heavy atom. The van der Waals surface area contributed by atoms with Gasteiger partial charge in [0.2, 0.25) is 0 Å². The maximum Gasteiger partial charge on any atom is 0.341 e. The van der Waals surface area contributed by atoms with E-state index in [1.165, 1.54) is 7.11 Å². The van der Waals surface area contributed by atoms with Gasteiger partial charge in [-0.2, -0.15) is 0 Å². The summed E-state index contributed by atoms with van der Waals surface area (Å²) in [6, 6.07) is 0.151. The molecule has 1 aromatic heterocycles. The van der Waals surface area contributed by atoms with Gasteiger partial charge in [0, 0.05) is 12.6 Å². The highest BCUT2D eigenvalue weighted by Gasteiger charge is 2.25. The van der Waals surface area contributed by atoms with Crippen molar-refractivity contribution < 1.29 is 9.53 Å². The summed E-state index contributed by atoms with van der Waals surface area (Å²) in [5.74, 6) is 0.440. The zero-order chi connectivity index (χ0) is 13.0. The van der Waals surface area contributed by atoms with Crippen LogP contribution in [0.4, 0.5) is 0 Å². The molecule has 1 aliphatic heterocycles. The number of carbonyl (C=O) groups is 1. The standard InChI is InChI=1S/C13H19N3O2/c1-3-5-11-15-8-9(13(17)18-2)12(16-11)10-6-4-7-14-10/h8,10,14H,3-7H2,1-2H3. The second-order valence-corrected chi connectivity index (χ2v) is 4.48. The predicted octanol–water partition coefficient (Wildman–Crippen LogP) is 1.64. The lowest BCUT2D eigenvalue weighted by atomic mass is 10.1. The van der Waals surface area contributed by atoms with Gasteiger partial charge in [0.05, 0.1) is 18.8 Å². The largest absolute Gasteiger partial charge is 0.465 e. The molecule has 1 aromatic rings. The van der Waals surface area contributed by atoms with Gasteiger partial charge in [-0.3, -0.25) is 0 Å². The Balaban J connectivity index is 2.35. The van der Waals surface area contributed by atoms with E-state index in [4.69, 9.17) is 4.74 Å². The fourth-order valence-corrected chi connectivity index (χ4v) is 2.23. The van der Waals surface area contributed by atoms with Crippen LogP contribution in [0, 0.1) is 0 Å². The lowest BCUT2D eigenvalue weighted by Gasteiger charge is -2.14. The first-order valence-corrected chi connectivity index (χ1v) is 6.43. The zero-order valence-electron chi connectivity index (χ0n) is 10.9. The van der Waals surface area contributed by atoms with Crippen LogP contribution in [-0.4, -0.2) is 29.6 Å². The van der Waals surface area contributed by atoms with Gasteiger partial charge >= 0.3 is 5.97 Å². The van der Waals surface area contributed by atoms with E-state index in [2.05, 4.69) is 22.2 Å². The summed E-state index contributed by atoms with van der Waals surface area (Å²) in [4.78, 5) is 20.5. The van der Waals surface area contributed by atoms with Crippen molar-refractivity contribution in [3.63, 3.8) is 0 Å². The van der Waals surface area contributed by atoms with Gasteiger partial charge in [-0.25, -0.2) is 14.8 Å². The highest BCUT2D eigenvalue weighted by molar-refractivity contribution is 5.90. The first-order valence-electron chi connectivity index (χ1n) is 6.43. The molecule has 1 aliphatic rings. The average molecular weight is 249 g/mol. The number of hydrogen-bond acceptors (Lipinski definition) is 5. The number of aromatic nitrogens is 2. The third-order valence-corrected chi connectivity index (χ3v) is 3.14.